The highest BCUT2D eigenvalue weighted by Gasteiger charge is 2.50. The second-order valence-electron chi connectivity index (χ2n) is 6.53. The maximum atomic E-state index is 12.6. The number of carbonyl (C=O) groups is 1. The van der Waals surface area contributed by atoms with Crippen molar-refractivity contribution in [3.8, 4) is 0 Å². The molecule has 2 aliphatic rings. The topological polar surface area (TPSA) is 50.6 Å². The second kappa shape index (κ2) is 5.42. The molecule has 0 radical (unpaired) electrons. The van der Waals surface area contributed by atoms with E-state index in [2.05, 4.69) is 17.0 Å². The summed E-state index contributed by atoms with van der Waals surface area (Å²) in [6.07, 6.45) is 2.74. The first-order valence-electron chi connectivity index (χ1n) is 7.50. The molecule has 0 saturated carbocycles. The fraction of sp³-hybridized carbons (Fsp3) is 0.733. The summed E-state index contributed by atoms with van der Waals surface area (Å²) >= 11 is 0. The van der Waals surface area contributed by atoms with Crippen molar-refractivity contribution in [2.45, 2.75) is 6.42 Å². The van der Waals surface area contributed by atoms with Crippen molar-refractivity contribution < 1.29 is 9.53 Å². The molecule has 6 heteroatoms. The predicted octanol–water partition coefficient (Wildman–Crippen LogP) is 0.460. The number of aromatic nitrogens is 2. The van der Waals surface area contributed by atoms with E-state index in [-0.39, 0.29) is 11.3 Å². The van der Waals surface area contributed by atoms with Crippen LogP contribution >= 0.6 is 0 Å². The first-order valence-corrected chi connectivity index (χ1v) is 7.50. The third-order valence-corrected chi connectivity index (χ3v) is 5.06. The van der Waals surface area contributed by atoms with E-state index < -0.39 is 0 Å². The van der Waals surface area contributed by atoms with E-state index in [1.54, 1.807) is 24.1 Å². The zero-order chi connectivity index (χ0) is 15.0. The van der Waals surface area contributed by atoms with Gasteiger partial charge in [0.15, 0.2) is 0 Å². The number of hydrogen-bond donors (Lipinski definition) is 0. The minimum Gasteiger partial charge on any atom is -0.384 e. The Morgan fingerprint density at radius 1 is 1.48 bits per heavy atom. The van der Waals surface area contributed by atoms with Gasteiger partial charge < -0.3 is 14.5 Å². The van der Waals surface area contributed by atoms with Gasteiger partial charge in [0.2, 0.25) is 0 Å². The molecule has 116 valence electrons. The highest BCUT2D eigenvalue weighted by Crippen LogP contribution is 2.43. The van der Waals surface area contributed by atoms with Gasteiger partial charge in [-0.15, -0.1) is 0 Å². The Bertz CT molecular complexity index is 529. The fourth-order valence-corrected chi connectivity index (χ4v) is 4.01. The summed E-state index contributed by atoms with van der Waals surface area (Å²) in [5, 5.41) is 4.10. The molecule has 3 heterocycles. The summed E-state index contributed by atoms with van der Waals surface area (Å²) in [7, 11) is 5.73. The van der Waals surface area contributed by atoms with Crippen LogP contribution in [0.3, 0.4) is 0 Å². The third kappa shape index (κ3) is 2.46. The van der Waals surface area contributed by atoms with Crippen molar-refractivity contribution in [2.24, 2.45) is 18.4 Å². The maximum absolute atomic E-state index is 12.6. The molecule has 2 saturated heterocycles. The van der Waals surface area contributed by atoms with E-state index >= 15 is 0 Å². The summed E-state index contributed by atoms with van der Waals surface area (Å²) in [5.74, 6) is 0.606. The number of amides is 1. The largest absolute Gasteiger partial charge is 0.384 e. The standard InChI is InChI=1S/C15H24N4O2/c1-17-8-12(9-21-3)15(10-17)5-7-19(11-15)14(20)13-4-6-16-18(13)2/h4,6,12H,5,7-11H2,1-3H3/t12-,15-/m1/s1. The van der Waals surface area contributed by atoms with E-state index in [4.69, 9.17) is 4.74 Å². The Morgan fingerprint density at radius 2 is 2.29 bits per heavy atom. The fourth-order valence-electron chi connectivity index (χ4n) is 4.01. The van der Waals surface area contributed by atoms with Gasteiger partial charge in [-0.1, -0.05) is 0 Å². The average molecular weight is 292 g/mol. The van der Waals surface area contributed by atoms with E-state index in [0.29, 0.717) is 11.6 Å². The molecule has 0 unspecified atom stereocenters. The van der Waals surface area contributed by atoms with Crippen LogP contribution < -0.4 is 0 Å². The minimum atomic E-state index is 0.0950. The Balaban J connectivity index is 1.75. The Labute approximate surface area is 125 Å². The van der Waals surface area contributed by atoms with Crippen LogP contribution in [0.2, 0.25) is 0 Å². The number of rotatable bonds is 3. The van der Waals surface area contributed by atoms with Crippen LogP contribution in [-0.4, -0.2) is 72.4 Å². The number of ether oxygens (including phenoxy) is 1. The van der Waals surface area contributed by atoms with Gasteiger partial charge in [-0.2, -0.15) is 5.10 Å². The summed E-state index contributed by atoms with van der Waals surface area (Å²) in [5.41, 5.74) is 0.862. The molecule has 0 N–H and O–H groups in total. The highest BCUT2D eigenvalue weighted by atomic mass is 16.5. The SMILES string of the molecule is COC[C@H]1CN(C)C[C@@]12CCN(C(=O)c1ccnn1C)C2. The van der Waals surface area contributed by atoms with Crippen molar-refractivity contribution >= 4 is 5.91 Å². The number of methoxy groups -OCH3 is 1. The molecule has 0 bridgehead atoms. The second-order valence-corrected chi connectivity index (χ2v) is 6.53. The van der Waals surface area contributed by atoms with Gasteiger partial charge in [-0.25, -0.2) is 0 Å². The van der Waals surface area contributed by atoms with Crippen LogP contribution in [0.5, 0.6) is 0 Å². The van der Waals surface area contributed by atoms with Gasteiger partial charge in [-0.05, 0) is 19.5 Å². The lowest BCUT2D eigenvalue weighted by atomic mass is 9.77. The smallest absolute Gasteiger partial charge is 0.272 e. The number of likely N-dealkylation sites (tertiary alicyclic amines) is 2. The third-order valence-electron chi connectivity index (χ3n) is 5.06. The molecule has 1 aromatic heterocycles. The lowest BCUT2D eigenvalue weighted by Gasteiger charge is -2.30. The van der Waals surface area contributed by atoms with E-state index in [0.717, 1.165) is 39.2 Å². The van der Waals surface area contributed by atoms with Crippen molar-refractivity contribution in [1.82, 2.24) is 19.6 Å². The van der Waals surface area contributed by atoms with Crippen molar-refractivity contribution in [3.63, 3.8) is 0 Å². The molecule has 2 atom stereocenters. The molecule has 3 rings (SSSR count). The molecular weight excluding hydrogens is 268 g/mol. The zero-order valence-electron chi connectivity index (χ0n) is 13.1. The number of nitrogens with zero attached hydrogens (tertiary/aromatic N) is 4. The first-order chi connectivity index (χ1) is 10.1. The van der Waals surface area contributed by atoms with Crippen LogP contribution in [0.1, 0.15) is 16.9 Å². The van der Waals surface area contributed by atoms with Gasteiger partial charge in [0.05, 0.1) is 6.61 Å². The Hall–Kier alpha value is -1.40. The Morgan fingerprint density at radius 3 is 2.95 bits per heavy atom. The quantitative estimate of drug-likeness (QED) is 0.812. The highest BCUT2D eigenvalue weighted by molar-refractivity contribution is 5.92. The molecule has 0 aromatic carbocycles. The predicted molar refractivity (Wildman–Crippen MR) is 79.0 cm³/mol. The maximum Gasteiger partial charge on any atom is 0.272 e. The van der Waals surface area contributed by atoms with Crippen LogP contribution in [-0.2, 0) is 11.8 Å². The van der Waals surface area contributed by atoms with Gasteiger partial charge in [0.1, 0.15) is 5.69 Å². The molecule has 2 aliphatic heterocycles. The number of hydrogen-bond acceptors (Lipinski definition) is 4. The normalized spacial score (nSPS) is 29.7. The monoisotopic (exact) mass is 292 g/mol. The van der Waals surface area contributed by atoms with Crippen LogP contribution in [0.4, 0.5) is 0 Å². The molecular formula is C15H24N4O2. The van der Waals surface area contributed by atoms with E-state index in [9.17, 15) is 4.79 Å². The summed E-state index contributed by atoms with van der Waals surface area (Å²) in [6.45, 7) is 4.54. The molecule has 0 aliphatic carbocycles. The minimum absolute atomic E-state index is 0.0950. The molecule has 21 heavy (non-hydrogen) atoms. The van der Waals surface area contributed by atoms with Crippen molar-refractivity contribution in [2.75, 3.05) is 46.9 Å². The van der Waals surface area contributed by atoms with Crippen molar-refractivity contribution in [1.29, 1.82) is 0 Å². The lowest BCUT2D eigenvalue weighted by molar-refractivity contribution is 0.0706. The summed E-state index contributed by atoms with van der Waals surface area (Å²) in [6, 6.07) is 1.79. The average Bonchev–Trinajstić information content (AvgIpc) is 3.11. The van der Waals surface area contributed by atoms with Crippen LogP contribution in [0, 0.1) is 11.3 Å². The van der Waals surface area contributed by atoms with Crippen molar-refractivity contribution in [3.05, 3.63) is 18.0 Å². The summed E-state index contributed by atoms with van der Waals surface area (Å²) in [4.78, 5) is 17.0. The lowest BCUT2D eigenvalue weighted by Crippen LogP contribution is -2.38. The number of carbonyl (C=O) groups excluding carboxylic acids is 1. The van der Waals surface area contributed by atoms with Crippen LogP contribution in [0.15, 0.2) is 12.3 Å². The molecule has 1 aromatic rings. The van der Waals surface area contributed by atoms with Gasteiger partial charge >= 0.3 is 0 Å². The molecule has 6 nitrogen and oxygen atoms in total. The first kappa shape index (κ1) is 14.5. The van der Waals surface area contributed by atoms with Crippen LogP contribution in [0.25, 0.3) is 0 Å². The van der Waals surface area contributed by atoms with E-state index in [1.165, 1.54) is 0 Å². The van der Waals surface area contributed by atoms with Gasteiger partial charge in [0, 0.05) is 57.9 Å². The molecule has 1 spiro atoms. The van der Waals surface area contributed by atoms with E-state index in [1.807, 2.05) is 11.9 Å². The molecule has 1 amide bonds. The zero-order valence-corrected chi connectivity index (χ0v) is 13.1. The molecule has 2 fully saturated rings. The Kier molecular flexibility index (Phi) is 3.75. The summed E-state index contributed by atoms with van der Waals surface area (Å²) < 4.78 is 7.06. The van der Waals surface area contributed by atoms with Gasteiger partial charge in [0.25, 0.3) is 5.91 Å². The van der Waals surface area contributed by atoms with Gasteiger partial charge in [-0.3, -0.25) is 9.48 Å². The number of aryl methyl sites for hydroxylation is 1.